The van der Waals surface area contributed by atoms with Crippen LogP contribution in [0.1, 0.15) is 18.1 Å². The summed E-state index contributed by atoms with van der Waals surface area (Å²) in [5.41, 5.74) is 2.29. The van der Waals surface area contributed by atoms with E-state index >= 15 is 0 Å². The minimum Gasteiger partial charge on any atom is -0.481 e. The SMILES string of the molecule is Cc1ccc(OC(C)C(=O)Nc2cc(-n3cccn3)ncn2)cc1C. The van der Waals surface area contributed by atoms with Gasteiger partial charge in [-0.1, -0.05) is 6.07 Å². The Balaban J connectivity index is 1.67. The fraction of sp³-hybridized carbons (Fsp3) is 0.222. The maximum atomic E-state index is 12.3. The van der Waals surface area contributed by atoms with Crippen LogP contribution in [0.5, 0.6) is 5.75 Å². The number of aryl methyl sites for hydroxylation is 2. The van der Waals surface area contributed by atoms with Crippen LogP contribution in [-0.2, 0) is 4.79 Å². The zero-order valence-electron chi connectivity index (χ0n) is 14.3. The van der Waals surface area contributed by atoms with Gasteiger partial charge < -0.3 is 10.1 Å². The number of hydrogen-bond acceptors (Lipinski definition) is 5. The second-order valence-electron chi connectivity index (χ2n) is 5.71. The van der Waals surface area contributed by atoms with Crippen molar-refractivity contribution in [1.82, 2.24) is 19.7 Å². The first-order valence-electron chi connectivity index (χ1n) is 7.90. The predicted octanol–water partition coefficient (Wildman–Crippen LogP) is 2.69. The Morgan fingerprint density at radius 2 is 2.04 bits per heavy atom. The lowest BCUT2D eigenvalue weighted by atomic mass is 10.1. The molecule has 3 aromatic rings. The van der Waals surface area contributed by atoms with Gasteiger partial charge in [-0.2, -0.15) is 5.10 Å². The summed E-state index contributed by atoms with van der Waals surface area (Å²) in [5.74, 6) is 1.33. The van der Waals surface area contributed by atoms with E-state index in [0.29, 0.717) is 17.4 Å². The van der Waals surface area contributed by atoms with Gasteiger partial charge in [-0.3, -0.25) is 4.79 Å². The number of carbonyl (C=O) groups excluding carboxylic acids is 1. The van der Waals surface area contributed by atoms with Crippen LogP contribution in [0.3, 0.4) is 0 Å². The van der Waals surface area contributed by atoms with Gasteiger partial charge in [0.25, 0.3) is 5.91 Å². The van der Waals surface area contributed by atoms with E-state index < -0.39 is 6.10 Å². The van der Waals surface area contributed by atoms with E-state index in [-0.39, 0.29) is 5.91 Å². The Labute approximate surface area is 145 Å². The molecule has 1 N–H and O–H groups in total. The van der Waals surface area contributed by atoms with Gasteiger partial charge in [0.05, 0.1) is 0 Å². The highest BCUT2D eigenvalue weighted by molar-refractivity contribution is 5.93. The highest BCUT2D eigenvalue weighted by atomic mass is 16.5. The molecule has 0 spiro atoms. The quantitative estimate of drug-likeness (QED) is 0.774. The molecule has 1 atom stereocenters. The van der Waals surface area contributed by atoms with Gasteiger partial charge in [-0.15, -0.1) is 0 Å². The molecular weight excluding hydrogens is 318 g/mol. The van der Waals surface area contributed by atoms with Crippen molar-refractivity contribution >= 4 is 11.7 Å². The topological polar surface area (TPSA) is 81.9 Å². The van der Waals surface area contributed by atoms with Crippen molar-refractivity contribution in [3.63, 3.8) is 0 Å². The van der Waals surface area contributed by atoms with Crippen molar-refractivity contribution in [1.29, 1.82) is 0 Å². The molecule has 25 heavy (non-hydrogen) atoms. The average Bonchev–Trinajstić information content (AvgIpc) is 3.13. The summed E-state index contributed by atoms with van der Waals surface area (Å²) < 4.78 is 7.30. The summed E-state index contributed by atoms with van der Waals surface area (Å²) in [6.45, 7) is 5.73. The number of nitrogens with one attached hydrogen (secondary N) is 1. The number of hydrogen-bond donors (Lipinski definition) is 1. The van der Waals surface area contributed by atoms with Gasteiger partial charge in [0.15, 0.2) is 11.9 Å². The average molecular weight is 337 g/mol. The van der Waals surface area contributed by atoms with Crippen molar-refractivity contribution in [3.05, 3.63) is 60.2 Å². The van der Waals surface area contributed by atoms with Crippen molar-refractivity contribution in [2.24, 2.45) is 0 Å². The standard InChI is InChI=1S/C18H19N5O2/c1-12-5-6-15(9-13(12)2)25-14(3)18(24)22-16-10-17(20-11-19-16)23-8-4-7-21-23/h4-11,14H,1-3H3,(H,19,20,22,24). The minimum atomic E-state index is -0.662. The molecule has 0 aliphatic carbocycles. The maximum absolute atomic E-state index is 12.3. The van der Waals surface area contributed by atoms with E-state index in [2.05, 4.69) is 20.4 Å². The Morgan fingerprint density at radius 3 is 2.76 bits per heavy atom. The number of ether oxygens (including phenoxy) is 1. The van der Waals surface area contributed by atoms with Crippen LogP contribution < -0.4 is 10.1 Å². The van der Waals surface area contributed by atoms with Gasteiger partial charge in [-0.25, -0.2) is 14.6 Å². The van der Waals surface area contributed by atoms with Crippen LogP contribution in [0.25, 0.3) is 5.82 Å². The summed E-state index contributed by atoms with van der Waals surface area (Å²) in [7, 11) is 0. The first-order chi connectivity index (χ1) is 12.0. The first kappa shape index (κ1) is 16.6. The molecule has 3 rings (SSSR count). The van der Waals surface area contributed by atoms with Crippen LogP contribution in [0, 0.1) is 13.8 Å². The molecule has 7 heteroatoms. The summed E-state index contributed by atoms with van der Waals surface area (Å²) in [6.07, 6.45) is 4.13. The Kier molecular flexibility index (Phi) is 4.74. The van der Waals surface area contributed by atoms with Gasteiger partial charge in [0.2, 0.25) is 0 Å². The fourth-order valence-electron chi connectivity index (χ4n) is 2.22. The lowest BCUT2D eigenvalue weighted by Crippen LogP contribution is -2.30. The second kappa shape index (κ2) is 7.12. The van der Waals surface area contributed by atoms with Crippen LogP contribution in [-0.4, -0.2) is 31.8 Å². The van der Waals surface area contributed by atoms with Gasteiger partial charge in [0.1, 0.15) is 17.9 Å². The molecule has 0 radical (unpaired) electrons. The van der Waals surface area contributed by atoms with E-state index in [1.54, 1.807) is 36.1 Å². The molecule has 0 aliphatic heterocycles. The number of carbonyl (C=O) groups is 1. The van der Waals surface area contributed by atoms with Crippen LogP contribution >= 0.6 is 0 Å². The zero-order chi connectivity index (χ0) is 17.8. The van der Waals surface area contributed by atoms with E-state index in [1.165, 1.54) is 11.9 Å². The van der Waals surface area contributed by atoms with Crippen LogP contribution in [0.2, 0.25) is 0 Å². The number of aromatic nitrogens is 4. The lowest BCUT2D eigenvalue weighted by Gasteiger charge is -2.15. The molecular formula is C18H19N5O2. The molecule has 128 valence electrons. The molecule has 0 saturated heterocycles. The molecule has 0 aliphatic rings. The smallest absolute Gasteiger partial charge is 0.266 e. The third kappa shape index (κ3) is 4.00. The largest absolute Gasteiger partial charge is 0.481 e. The van der Waals surface area contributed by atoms with E-state index in [9.17, 15) is 4.79 Å². The van der Waals surface area contributed by atoms with Crippen molar-refractivity contribution in [3.8, 4) is 11.6 Å². The summed E-state index contributed by atoms with van der Waals surface area (Å²) in [6, 6.07) is 9.18. The lowest BCUT2D eigenvalue weighted by molar-refractivity contribution is -0.122. The van der Waals surface area contributed by atoms with Gasteiger partial charge in [-0.05, 0) is 50.1 Å². The third-order valence-corrected chi connectivity index (χ3v) is 3.80. The third-order valence-electron chi connectivity index (χ3n) is 3.80. The van der Waals surface area contributed by atoms with Crippen molar-refractivity contribution in [2.45, 2.75) is 26.9 Å². The zero-order valence-corrected chi connectivity index (χ0v) is 14.3. The Bertz CT molecular complexity index is 877. The Hall–Kier alpha value is -3.22. The van der Waals surface area contributed by atoms with E-state index in [1.807, 2.05) is 32.0 Å². The second-order valence-corrected chi connectivity index (χ2v) is 5.71. The summed E-state index contributed by atoms with van der Waals surface area (Å²) in [5, 5.41) is 6.84. The molecule has 1 amide bonds. The molecule has 0 bridgehead atoms. The molecule has 7 nitrogen and oxygen atoms in total. The maximum Gasteiger partial charge on any atom is 0.266 e. The van der Waals surface area contributed by atoms with Gasteiger partial charge in [0, 0.05) is 18.5 Å². The molecule has 0 saturated carbocycles. The summed E-state index contributed by atoms with van der Waals surface area (Å²) in [4.78, 5) is 20.5. The van der Waals surface area contributed by atoms with Crippen molar-refractivity contribution < 1.29 is 9.53 Å². The number of anilines is 1. The van der Waals surface area contributed by atoms with Crippen LogP contribution in [0.15, 0.2) is 49.1 Å². The fourth-order valence-corrected chi connectivity index (χ4v) is 2.22. The molecule has 1 aromatic carbocycles. The molecule has 0 fully saturated rings. The molecule has 1 unspecified atom stereocenters. The predicted molar refractivity (Wildman–Crippen MR) is 93.8 cm³/mol. The minimum absolute atomic E-state index is 0.289. The monoisotopic (exact) mass is 337 g/mol. The number of benzene rings is 1. The summed E-state index contributed by atoms with van der Waals surface area (Å²) >= 11 is 0. The van der Waals surface area contributed by atoms with Crippen LogP contribution in [0.4, 0.5) is 5.82 Å². The number of amides is 1. The Morgan fingerprint density at radius 1 is 1.20 bits per heavy atom. The van der Waals surface area contributed by atoms with E-state index in [4.69, 9.17) is 4.74 Å². The number of rotatable bonds is 5. The molecule has 2 heterocycles. The highest BCUT2D eigenvalue weighted by Crippen LogP contribution is 2.18. The normalized spacial score (nSPS) is 11.8. The highest BCUT2D eigenvalue weighted by Gasteiger charge is 2.16. The van der Waals surface area contributed by atoms with Crippen molar-refractivity contribution in [2.75, 3.05) is 5.32 Å². The number of nitrogens with zero attached hydrogens (tertiary/aromatic N) is 4. The molecule has 2 aromatic heterocycles. The first-order valence-corrected chi connectivity index (χ1v) is 7.90. The van der Waals surface area contributed by atoms with E-state index in [0.717, 1.165) is 5.56 Å². The van der Waals surface area contributed by atoms with Gasteiger partial charge >= 0.3 is 0 Å².